The van der Waals surface area contributed by atoms with E-state index in [1.54, 1.807) is 0 Å². The van der Waals surface area contributed by atoms with Gasteiger partial charge in [0.1, 0.15) is 11.9 Å². The summed E-state index contributed by atoms with van der Waals surface area (Å²) in [7, 11) is 0. The van der Waals surface area contributed by atoms with E-state index in [-0.39, 0.29) is 17.9 Å². The summed E-state index contributed by atoms with van der Waals surface area (Å²) in [4.78, 5) is 0. The van der Waals surface area contributed by atoms with Crippen LogP contribution >= 0.6 is 0 Å². The molecule has 0 saturated carbocycles. The Balaban J connectivity index is 2.39. The Bertz CT molecular complexity index is 409. The zero-order chi connectivity index (χ0) is 12.4. The Labute approximate surface area is 100.0 Å². The van der Waals surface area contributed by atoms with Gasteiger partial charge in [0.05, 0.1) is 11.6 Å². The van der Waals surface area contributed by atoms with Crippen molar-refractivity contribution in [1.82, 2.24) is 5.32 Å². The van der Waals surface area contributed by atoms with Crippen molar-refractivity contribution >= 4 is 0 Å². The molecule has 1 aliphatic rings. The Kier molecular flexibility index (Phi) is 3.62. The van der Waals surface area contributed by atoms with Gasteiger partial charge in [-0.05, 0) is 25.1 Å². The number of hydrogen-bond acceptors (Lipinski definition) is 2. The summed E-state index contributed by atoms with van der Waals surface area (Å²) in [5, 5.41) is 3.17. The Morgan fingerprint density at radius 2 is 1.94 bits per heavy atom. The van der Waals surface area contributed by atoms with E-state index < -0.39 is 11.6 Å². The van der Waals surface area contributed by atoms with Gasteiger partial charge in [-0.3, -0.25) is 0 Å². The number of halogens is 2. The molecular formula is C13H17F2NO. The molecule has 0 radical (unpaired) electrons. The van der Waals surface area contributed by atoms with Crippen LogP contribution in [0.3, 0.4) is 0 Å². The van der Waals surface area contributed by atoms with Gasteiger partial charge in [0, 0.05) is 0 Å². The maximum Gasteiger partial charge on any atom is 0.165 e. The van der Waals surface area contributed by atoms with E-state index in [9.17, 15) is 8.78 Å². The zero-order valence-corrected chi connectivity index (χ0v) is 10.1. The average Bonchev–Trinajstić information content (AvgIpc) is 2.66. The first-order chi connectivity index (χ1) is 8.19. The van der Waals surface area contributed by atoms with Crippen LogP contribution < -0.4 is 10.1 Å². The molecule has 1 aliphatic heterocycles. The molecule has 17 heavy (non-hydrogen) atoms. The van der Waals surface area contributed by atoms with Gasteiger partial charge in [0.2, 0.25) is 0 Å². The third kappa shape index (κ3) is 2.14. The number of fused-ring (bicyclic) bond motifs is 1. The Morgan fingerprint density at radius 3 is 2.59 bits per heavy atom. The summed E-state index contributed by atoms with van der Waals surface area (Å²) in [6, 6.07) is 2.03. The number of ether oxygens (including phenoxy) is 1. The summed E-state index contributed by atoms with van der Waals surface area (Å²) < 4.78 is 32.9. The maximum absolute atomic E-state index is 13.8. The Hall–Kier alpha value is -1.16. The topological polar surface area (TPSA) is 21.3 Å². The largest absolute Gasteiger partial charge is 0.485 e. The summed E-state index contributed by atoms with van der Waals surface area (Å²) in [5.74, 6) is -0.803. The van der Waals surface area contributed by atoms with Crippen molar-refractivity contribution in [3.8, 4) is 5.75 Å². The lowest BCUT2D eigenvalue weighted by Crippen LogP contribution is -2.31. The molecule has 0 bridgehead atoms. The maximum atomic E-state index is 13.8. The second kappa shape index (κ2) is 5.00. The van der Waals surface area contributed by atoms with Crippen molar-refractivity contribution in [2.75, 3.05) is 6.54 Å². The normalized spacial score (nSPS) is 22.4. The Morgan fingerprint density at radius 1 is 1.24 bits per heavy atom. The van der Waals surface area contributed by atoms with E-state index in [4.69, 9.17) is 4.74 Å². The molecule has 0 fully saturated rings. The number of hydrogen-bond donors (Lipinski definition) is 1. The van der Waals surface area contributed by atoms with Crippen LogP contribution in [0.4, 0.5) is 8.78 Å². The fraction of sp³-hybridized carbons (Fsp3) is 0.538. The van der Waals surface area contributed by atoms with Gasteiger partial charge in [-0.1, -0.05) is 20.3 Å². The van der Waals surface area contributed by atoms with Crippen LogP contribution in [0.15, 0.2) is 12.1 Å². The van der Waals surface area contributed by atoms with Crippen molar-refractivity contribution < 1.29 is 13.5 Å². The number of nitrogens with one attached hydrogen (secondary N) is 1. The first-order valence-corrected chi connectivity index (χ1v) is 6.07. The van der Waals surface area contributed by atoms with E-state index in [0.717, 1.165) is 25.0 Å². The number of likely N-dealkylation sites (N-methyl/N-ethyl adjacent to an activating group) is 1. The third-order valence-electron chi connectivity index (χ3n) is 3.04. The first-order valence-electron chi connectivity index (χ1n) is 6.07. The molecule has 2 unspecified atom stereocenters. The third-order valence-corrected chi connectivity index (χ3v) is 3.04. The van der Waals surface area contributed by atoms with Crippen molar-refractivity contribution in [1.29, 1.82) is 0 Å². The van der Waals surface area contributed by atoms with Crippen LogP contribution in [0.25, 0.3) is 0 Å². The molecule has 94 valence electrons. The summed E-state index contributed by atoms with van der Waals surface area (Å²) in [6.45, 7) is 4.67. The lowest BCUT2D eigenvalue weighted by Gasteiger charge is -2.19. The van der Waals surface area contributed by atoms with Crippen molar-refractivity contribution in [2.45, 2.75) is 38.8 Å². The highest BCUT2D eigenvalue weighted by Crippen LogP contribution is 2.41. The summed E-state index contributed by atoms with van der Waals surface area (Å²) in [5.41, 5.74) is 0.338. The molecule has 1 heterocycles. The minimum absolute atomic E-state index is 0.0781. The van der Waals surface area contributed by atoms with Gasteiger partial charge < -0.3 is 10.1 Å². The second-order valence-corrected chi connectivity index (χ2v) is 4.25. The number of rotatable bonds is 4. The van der Waals surface area contributed by atoms with E-state index in [0.29, 0.717) is 12.1 Å². The van der Waals surface area contributed by atoms with Crippen LogP contribution in [0.5, 0.6) is 5.75 Å². The molecule has 1 aromatic rings. The van der Waals surface area contributed by atoms with Gasteiger partial charge in [0.25, 0.3) is 0 Å². The average molecular weight is 241 g/mol. The summed E-state index contributed by atoms with van der Waals surface area (Å²) in [6.07, 6.45) is 1.52. The highest BCUT2D eigenvalue weighted by molar-refractivity contribution is 5.43. The molecule has 0 saturated heterocycles. The van der Waals surface area contributed by atoms with Crippen LogP contribution in [-0.4, -0.2) is 12.6 Å². The SMILES string of the molecule is CCCC1Oc2c(F)ccc(F)c2C1NCC. The quantitative estimate of drug-likeness (QED) is 0.874. The number of benzene rings is 1. The predicted molar refractivity (Wildman–Crippen MR) is 62.1 cm³/mol. The van der Waals surface area contributed by atoms with Crippen LogP contribution in [-0.2, 0) is 0 Å². The molecule has 0 aliphatic carbocycles. The van der Waals surface area contributed by atoms with E-state index in [2.05, 4.69) is 5.32 Å². The molecule has 2 nitrogen and oxygen atoms in total. The van der Waals surface area contributed by atoms with Gasteiger partial charge in [-0.2, -0.15) is 0 Å². The van der Waals surface area contributed by atoms with Gasteiger partial charge in [-0.25, -0.2) is 8.78 Å². The van der Waals surface area contributed by atoms with E-state index in [1.165, 1.54) is 0 Å². The van der Waals surface area contributed by atoms with Crippen molar-refractivity contribution in [2.24, 2.45) is 0 Å². The van der Waals surface area contributed by atoms with Gasteiger partial charge in [0.15, 0.2) is 11.6 Å². The molecule has 0 amide bonds. The standard InChI is InChI=1S/C13H17F2NO/c1-3-5-10-12(16-4-2)11-8(14)6-7-9(15)13(11)17-10/h6-7,10,12,16H,3-5H2,1-2H3. The monoisotopic (exact) mass is 241 g/mol. The first kappa shape index (κ1) is 12.3. The minimum Gasteiger partial charge on any atom is -0.485 e. The predicted octanol–water partition coefficient (Wildman–Crippen LogP) is 3.18. The van der Waals surface area contributed by atoms with Crippen molar-refractivity contribution in [3.05, 3.63) is 29.3 Å². The van der Waals surface area contributed by atoms with Gasteiger partial charge >= 0.3 is 0 Å². The lowest BCUT2D eigenvalue weighted by atomic mass is 10.00. The fourth-order valence-electron chi connectivity index (χ4n) is 2.33. The molecule has 4 heteroatoms. The van der Waals surface area contributed by atoms with Crippen molar-refractivity contribution in [3.63, 3.8) is 0 Å². The zero-order valence-electron chi connectivity index (χ0n) is 10.1. The van der Waals surface area contributed by atoms with E-state index >= 15 is 0 Å². The molecule has 1 N–H and O–H groups in total. The molecule has 0 spiro atoms. The molecule has 1 aromatic carbocycles. The molecule has 2 rings (SSSR count). The second-order valence-electron chi connectivity index (χ2n) is 4.25. The highest BCUT2D eigenvalue weighted by Gasteiger charge is 2.37. The lowest BCUT2D eigenvalue weighted by molar-refractivity contribution is 0.173. The van der Waals surface area contributed by atoms with E-state index in [1.807, 2.05) is 13.8 Å². The van der Waals surface area contributed by atoms with Crippen LogP contribution in [0.2, 0.25) is 0 Å². The highest BCUT2D eigenvalue weighted by atomic mass is 19.1. The molecular weight excluding hydrogens is 224 g/mol. The van der Waals surface area contributed by atoms with Gasteiger partial charge in [-0.15, -0.1) is 0 Å². The fourth-order valence-corrected chi connectivity index (χ4v) is 2.33. The molecule has 0 aromatic heterocycles. The smallest absolute Gasteiger partial charge is 0.165 e. The summed E-state index contributed by atoms with van der Waals surface area (Å²) >= 11 is 0. The van der Waals surface area contributed by atoms with Crippen LogP contribution in [0.1, 0.15) is 38.3 Å². The minimum atomic E-state index is -0.483. The van der Waals surface area contributed by atoms with Crippen LogP contribution in [0, 0.1) is 11.6 Å². The molecule has 2 atom stereocenters.